The molecule has 2 fully saturated rings. The van der Waals surface area contributed by atoms with Gasteiger partial charge in [0.25, 0.3) is 0 Å². The molecule has 0 radical (unpaired) electrons. The van der Waals surface area contributed by atoms with E-state index in [1.165, 1.54) is 12.0 Å². The number of rotatable bonds is 7. The van der Waals surface area contributed by atoms with Crippen LogP contribution in [0.1, 0.15) is 30.0 Å². The summed E-state index contributed by atoms with van der Waals surface area (Å²) in [6.45, 7) is 5.10. The molecule has 2 aromatic rings. The molecule has 2 saturated heterocycles. The highest BCUT2D eigenvalue weighted by Crippen LogP contribution is 2.40. The molecule has 0 N–H and O–H groups in total. The van der Waals surface area contributed by atoms with E-state index in [4.69, 9.17) is 18.9 Å². The number of likely N-dealkylation sites (tertiary alicyclic amines) is 1. The number of methoxy groups -OCH3 is 3. The van der Waals surface area contributed by atoms with Crippen molar-refractivity contribution < 1.29 is 18.9 Å². The number of ether oxygens (including phenoxy) is 4. The van der Waals surface area contributed by atoms with Gasteiger partial charge >= 0.3 is 0 Å². The van der Waals surface area contributed by atoms with E-state index in [1.807, 2.05) is 6.07 Å². The Morgan fingerprint density at radius 2 is 1.71 bits per heavy atom. The lowest BCUT2D eigenvalue weighted by Crippen LogP contribution is -2.36. The first-order chi connectivity index (χ1) is 14.7. The Labute approximate surface area is 191 Å². The van der Waals surface area contributed by atoms with Crippen LogP contribution in [0.2, 0.25) is 0 Å². The van der Waals surface area contributed by atoms with Crippen LogP contribution in [0.15, 0.2) is 36.4 Å². The molecule has 31 heavy (non-hydrogen) atoms. The Kier molecular flexibility index (Phi) is 8.29. The van der Waals surface area contributed by atoms with E-state index in [9.17, 15) is 0 Å². The van der Waals surface area contributed by atoms with Crippen LogP contribution in [-0.2, 0) is 11.3 Å². The van der Waals surface area contributed by atoms with Crippen LogP contribution in [0.3, 0.4) is 0 Å². The van der Waals surface area contributed by atoms with Crippen molar-refractivity contribution in [2.45, 2.75) is 25.4 Å². The van der Waals surface area contributed by atoms with Crippen molar-refractivity contribution >= 4 is 18.1 Å². The molecule has 2 heterocycles. The summed E-state index contributed by atoms with van der Waals surface area (Å²) in [4.78, 5) is 4.84. The molecule has 2 aromatic carbocycles. The first-order valence-corrected chi connectivity index (χ1v) is 10.7. The maximum atomic E-state index is 5.80. The number of benzene rings is 2. The minimum Gasteiger partial charge on any atom is -0.497 e. The van der Waals surface area contributed by atoms with E-state index in [-0.39, 0.29) is 12.4 Å². The fourth-order valence-electron chi connectivity index (χ4n) is 4.58. The summed E-state index contributed by atoms with van der Waals surface area (Å²) < 4.78 is 22.5. The number of halogens is 1. The number of anilines is 1. The molecule has 0 aromatic heterocycles. The lowest BCUT2D eigenvalue weighted by Gasteiger charge is -2.31. The fourth-order valence-corrected chi connectivity index (χ4v) is 4.58. The van der Waals surface area contributed by atoms with Crippen molar-refractivity contribution in [3.63, 3.8) is 0 Å². The molecule has 4 rings (SSSR count). The minimum atomic E-state index is 0. The highest BCUT2D eigenvalue weighted by Gasteiger charge is 2.28. The zero-order valence-corrected chi connectivity index (χ0v) is 19.5. The standard InChI is InChI=1S/C24H32N2O4.ClH/c1-27-20-7-4-6-18(14-20)21-8-5-9-26(21)17-19-15-24(29-3)22(16-23(19)28-2)25-10-12-30-13-11-25;/h4,6-7,14-16,21H,5,8-13,17H2,1-3H3;1H. The number of morpholine rings is 1. The average Bonchev–Trinajstić information content (AvgIpc) is 3.27. The van der Waals surface area contributed by atoms with E-state index in [0.717, 1.165) is 74.3 Å². The number of nitrogens with zero attached hydrogens (tertiary/aromatic N) is 2. The molecule has 0 saturated carbocycles. The topological polar surface area (TPSA) is 43.4 Å². The lowest BCUT2D eigenvalue weighted by molar-refractivity contribution is 0.122. The first-order valence-electron chi connectivity index (χ1n) is 10.7. The monoisotopic (exact) mass is 448 g/mol. The van der Waals surface area contributed by atoms with Crippen molar-refractivity contribution in [1.82, 2.24) is 4.90 Å². The van der Waals surface area contributed by atoms with Crippen LogP contribution < -0.4 is 19.1 Å². The molecule has 2 aliphatic rings. The van der Waals surface area contributed by atoms with E-state index in [2.05, 4.69) is 40.1 Å². The quantitative estimate of drug-likeness (QED) is 0.629. The molecule has 0 amide bonds. The van der Waals surface area contributed by atoms with Crippen molar-refractivity contribution in [3.8, 4) is 17.2 Å². The van der Waals surface area contributed by atoms with Gasteiger partial charge in [-0.1, -0.05) is 12.1 Å². The second-order valence-corrected chi connectivity index (χ2v) is 7.84. The highest BCUT2D eigenvalue weighted by molar-refractivity contribution is 5.85. The van der Waals surface area contributed by atoms with E-state index in [1.54, 1.807) is 21.3 Å². The van der Waals surface area contributed by atoms with E-state index >= 15 is 0 Å². The fraction of sp³-hybridized carbons (Fsp3) is 0.500. The Balaban J connectivity index is 0.00000272. The Morgan fingerprint density at radius 1 is 0.935 bits per heavy atom. The SMILES string of the molecule is COc1cccc(C2CCCN2Cc2cc(OC)c(N3CCOCC3)cc2OC)c1.Cl. The van der Waals surface area contributed by atoms with E-state index in [0.29, 0.717) is 6.04 Å². The largest absolute Gasteiger partial charge is 0.497 e. The van der Waals surface area contributed by atoms with Gasteiger partial charge in [-0.3, -0.25) is 4.90 Å². The van der Waals surface area contributed by atoms with Gasteiger partial charge in [0, 0.05) is 37.3 Å². The Bertz CT molecular complexity index is 857. The van der Waals surface area contributed by atoms with Crippen molar-refractivity contribution in [3.05, 3.63) is 47.5 Å². The predicted molar refractivity (Wildman–Crippen MR) is 125 cm³/mol. The second kappa shape index (κ2) is 10.9. The molecular formula is C24H33ClN2O4. The molecule has 0 aliphatic carbocycles. The maximum absolute atomic E-state index is 5.80. The third-order valence-corrected chi connectivity index (χ3v) is 6.15. The van der Waals surface area contributed by atoms with Gasteiger partial charge < -0.3 is 23.8 Å². The van der Waals surface area contributed by atoms with Crippen LogP contribution >= 0.6 is 12.4 Å². The van der Waals surface area contributed by atoms with Crippen LogP contribution in [0.25, 0.3) is 0 Å². The van der Waals surface area contributed by atoms with Crippen molar-refractivity contribution in [2.75, 3.05) is 59.1 Å². The smallest absolute Gasteiger partial charge is 0.142 e. The maximum Gasteiger partial charge on any atom is 0.142 e. The predicted octanol–water partition coefficient (Wildman–Crippen LogP) is 4.31. The zero-order valence-electron chi connectivity index (χ0n) is 18.6. The zero-order chi connectivity index (χ0) is 20.9. The molecule has 0 spiro atoms. The second-order valence-electron chi connectivity index (χ2n) is 7.84. The Hall–Kier alpha value is -2.15. The van der Waals surface area contributed by atoms with Gasteiger partial charge in [-0.05, 0) is 43.1 Å². The summed E-state index contributed by atoms with van der Waals surface area (Å²) in [6, 6.07) is 13.1. The van der Waals surface area contributed by atoms with Gasteiger partial charge in [-0.25, -0.2) is 0 Å². The van der Waals surface area contributed by atoms with Gasteiger partial charge in [0.1, 0.15) is 17.2 Å². The van der Waals surface area contributed by atoms with Gasteiger partial charge in [0.2, 0.25) is 0 Å². The summed E-state index contributed by atoms with van der Waals surface area (Å²) in [5, 5.41) is 0. The van der Waals surface area contributed by atoms with Gasteiger partial charge in [0.05, 0.1) is 40.2 Å². The van der Waals surface area contributed by atoms with Crippen molar-refractivity contribution in [2.24, 2.45) is 0 Å². The van der Waals surface area contributed by atoms with Crippen LogP contribution in [0, 0.1) is 0 Å². The third-order valence-electron chi connectivity index (χ3n) is 6.15. The molecule has 0 bridgehead atoms. The molecule has 6 nitrogen and oxygen atoms in total. The summed E-state index contributed by atoms with van der Waals surface area (Å²) in [6.07, 6.45) is 2.34. The highest BCUT2D eigenvalue weighted by atomic mass is 35.5. The Morgan fingerprint density at radius 3 is 2.42 bits per heavy atom. The summed E-state index contributed by atoms with van der Waals surface area (Å²) in [5.41, 5.74) is 3.54. The average molecular weight is 449 g/mol. The third kappa shape index (κ3) is 5.20. The van der Waals surface area contributed by atoms with Gasteiger partial charge in [-0.15, -0.1) is 12.4 Å². The number of hydrogen-bond donors (Lipinski definition) is 0. The van der Waals surface area contributed by atoms with Crippen molar-refractivity contribution in [1.29, 1.82) is 0 Å². The molecule has 7 heteroatoms. The summed E-state index contributed by atoms with van der Waals surface area (Å²) >= 11 is 0. The molecule has 2 aliphatic heterocycles. The molecule has 1 unspecified atom stereocenters. The van der Waals surface area contributed by atoms with Gasteiger partial charge in [-0.2, -0.15) is 0 Å². The van der Waals surface area contributed by atoms with Crippen LogP contribution in [0.4, 0.5) is 5.69 Å². The molecule has 1 atom stereocenters. The summed E-state index contributed by atoms with van der Waals surface area (Å²) in [5.74, 6) is 2.71. The minimum absolute atomic E-state index is 0. The van der Waals surface area contributed by atoms with Crippen LogP contribution in [-0.4, -0.2) is 59.1 Å². The first kappa shape index (κ1) is 23.5. The lowest BCUT2D eigenvalue weighted by atomic mass is 10.0. The molecular weight excluding hydrogens is 416 g/mol. The van der Waals surface area contributed by atoms with Gasteiger partial charge in [0.15, 0.2) is 0 Å². The normalized spacial score (nSPS) is 19.1. The number of hydrogen-bond acceptors (Lipinski definition) is 6. The van der Waals surface area contributed by atoms with Crippen LogP contribution in [0.5, 0.6) is 17.2 Å². The molecule has 170 valence electrons. The van der Waals surface area contributed by atoms with E-state index < -0.39 is 0 Å². The summed E-state index contributed by atoms with van der Waals surface area (Å²) in [7, 11) is 5.21.